The first-order chi connectivity index (χ1) is 17.0. The molecule has 0 aliphatic heterocycles. The lowest BCUT2D eigenvalue weighted by Gasteiger charge is -2.27. The average Bonchev–Trinajstić information content (AvgIpc) is 3.31. The maximum absolute atomic E-state index is 13.3. The van der Waals surface area contributed by atoms with E-state index in [1.165, 1.54) is 23.3 Å². The average molecular weight is 484 g/mol. The highest BCUT2D eigenvalue weighted by atomic mass is 32.1. The lowest BCUT2D eigenvalue weighted by Crippen LogP contribution is -2.36. The molecule has 0 unspecified atom stereocenters. The molecule has 0 atom stereocenters. The van der Waals surface area contributed by atoms with E-state index in [1.807, 2.05) is 48.9 Å². The van der Waals surface area contributed by atoms with Crippen LogP contribution in [0.15, 0.2) is 85.3 Å². The third-order valence-corrected chi connectivity index (χ3v) is 6.24. The molecule has 4 rings (SSSR count). The van der Waals surface area contributed by atoms with Gasteiger partial charge in [0.1, 0.15) is 5.82 Å². The minimum absolute atomic E-state index is 0.284. The van der Waals surface area contributed by atoms with Gasteiger partial charge >= 0.3 is 0 Å². The molecule has 1 aromatic heterocycles. The Kier molecular flexibility index (Phi) is 7.86. The molecule has 0 amide bonds. The summed E-state index contributed by atoms with van der Waals surface area (Å²) in [5.74, 6) is -0.284. The second-order valence-corrected chi connectivity index (χ2v) is 8.74. The standard InChI is InChI=1S/C28H26FN5S/c1-21-4-2-3-5-24(21)19-33(28(35)32-26-12-10-25(29)11-13-26)15-14-27-17-31-20-34(27)18-23-8-6-22(16-30)7-9-23/h2-13,17,20H,14-15,18-19H2,1H3,(H,32,35). The number of thiocarbonyl (C=S) groups is 1. The molecule has 0 aliphatic carbocycles. The normalized spacial score (nSPS) is 10.5. The second-order valence-electron chi connectivity index (χ2n) is 8.36. The van der Waals surface area contributed by atoms with Crippen LogP contribution in [0.25, 0.3) is 0 Å². The monoisotopic (exact) mass is 483 g/mol. The summed E-state index contributed by atoms with van der Waals surface area (Å²) in [7, 11) is 0. The third-order valence-electron chi connectivity index (χ3n) is 5.88. The number of rotatable bonds is 8. The van der Waals surface area contributed by atoms with E-state index in [-0.39, 0.29) is 5.82 Å². The van der Waals surface area contributed by atoms with Crippen LogP contribution in [0.4, 0.5) is 10.1 Å². The van der Waals surface area contributed by atoms with Crippen LogP contribution in [-0.2, 0) is 19.5 Å². The number of hydrogen-bond donors (Lipinski definition) is 1. The molecule has 176 valence electrons. The van der Waals surface area contributed by atoms with E-state index in [0.717, 1.165) is 23.4 Å². The Morgan fingerprint density at radius 1 is 1.09 bits per heavy atom. The van der Waals surface area contributed by atoms with E-state index in [0.29, 0.717) is 30.3 Å². The molecule has 0 saturated carbocycles. The van der Waals surface area contributed by atoms with Gasteiger partial charge in [0.15, 0.2) is 5.11 Å². The molecule has 0 saturated heterocycles. The topological polar surface area (TPSA) is 56.9 Å². The molecule has 5 nitrogen and oxygen atoms in total. The molecule has 1 N–H and O–H groups in total. The number of halogens is 1. The Labute approximate surface area is 210 Å². The van der Waals surface area contributed by atoms with E-state index in [1.54, 1.807) is 12.1 Å². The minimum Gasteiger partial charge on any atom is -0.344 e. The molecular formula is C28H26FN5S. The fourth-order valence-corrected chi connectivity index (χ4v) is 4.08. The van der Waals surface area contributed by atoms with Crippen molar-refractivity contribution in [2.24, 2.45) is 0 Å². The molecule has 0 spiro atoms. The summed E-state index contributed by atoms with van der Waals surface area (Å²) in [6.07, 6.45) is 4.45. The van der Waals surface area contributed by atoms with E-state index in [9.17, 15) is 4.39 Å². The van der Waals surface area contributed by atoms with Crippen LogP contribution >= 0.6 is 12.2 Å². The van der Waals surface area contributed by atoms with Gasteiger partial charge in [-0.3, -0.25) is 0 Å². The fraction of sp³-hybridized carbons (Fsp3) is 0.179. The van der Waals surface area contributed by atoms with Crippen LogP contribution in [0.5, 0.6) is 0 Å². The lowest BCUT2D eigenvalue weighted by atomic mass is 10.1. The van der Waals surface area contributed by atoms with Crippen LogP contribution in [0.2, 0.25) is 0 Å². The first kappa shape index (κ1) is 24.1. The Morgan fingerprint density at radius 2 is 1.83 bits per heavy atom. The fourth-order valence-electron chi connectivity index (χ4n) is 3.81. The summed E-state index contributed by atoms with van der Waals surface area (Å²) < 4.78 is 15.4. The van der Waals surface area contributed by atoms with Crippen molar-refractivity contribution in [3.63, 3.8) is 0 Å². The number of aryl methyl sites for hydroxylation is 1. The molecule has 0 aliphatic rings. The Morgan fingerprint density at radius 3 is 2.54 bits per heavy atom. The summed E-state index contributed by atoms with van der Waals surface area (Å²) in [6, 6.07) is 24.2. The van der Waals surface area contributed by atoms with E-state index in [4.69, 9.17) is 17.5 Å². The highest BCUT2D eigenvalue weighted by molar-refractivity contribution is 7.80. The molecule has 0 bridgehead atoms. The molecule has 0 radical (unpaired) electrons. The molecule has 0 fully saturated rings. The number of nitrogens with one attached hydrogen (secondary N) is 1. The van der Waals surface area contributed by atoms with E-state index >= 15 is 0 Å². The van der Waals surface area contributed by atoms with Crippen molar-refractivity contribution in [3.8, 4) is 6.07 Å². The Balaban J connectivity index is 1.48. The zero-order valence-electron chi connectivity index (χ0n) is 19.5. The Bertz CT molecular complexity index is 1320. The van der Waals surface area contributed by atoms with Crippen LogP contribution < -0.4 is 5.32 Å². The maximum atomic E-state index is 13.3. The van der Waals surface area contributed by atoms with Crippen molar-refractivity contribution in [1.82, 2.24) is 14.5 Å². The van der Waals surface area contributed by atoms with Gasteiger partial charge in [0.25, 0.3) is 0 Å². The summed E-state index contributed by atoms with van der Waals surface area (Å²) in [5.41, 5.74) is 5.99. The van der Waals surface area contributed by atoms with Gasteiger partial charge < -0.3 is 14.8 Å². The molecule has 3 aromatic carbocycles. The van der Waals surface area contributed by atoms with Crippen LogP contribution in [-0.4, -0.2) is 26.1 Å². The van der Waals surface area contributed by atoms with Crippen molar-refractivity contribution in [2.75, 3.05) is 11.9 Å². The predicted molar refractivity (Wildman–Crippen MR) is 140 cm³/mol. The quantitative estimate of drug-likeness (QED) is 0.326. The Hall–Kier alpha value is -4.02. The number of anilines is 1. The molecule has 35 heavy (non-hydrogen) atoms. The highest BCUT2D eigenvalue weighted by Gasteiger charge is 2.14. The summed E-state index contributed by atoms with van der Waals surface area (Å²) in [5, 5.41) is 12.8. The zero-order chi connectivity index (χ0) is 24.6. The maximum Gasteiger partial charge on any atom is 0.173 e. The van der Waals surface area contributed by atoms with Crippen molar-refractivity contribution in [1.29, 1.82) is 5.26 Å². The first-order valence-corrected chi connectivity index (χ1v) is 11.8. The molecule has 1 heterocycles. The minimum atomic E-state index is -0.284. The van der Waals surface area contributed by atoms with Gasteiger partial charge in [-0.15, -0.1) is 0 Å². The number of aromatic nitrogens is 2. The summed E-state index contributed by atoms with van der Waals surface area (Å²) in [6.45, 7) is 4.11. The first-order valence-electron chi connectivity index (χ1n) is 11.4. The second kappa shape index (κ2) is 11.4. The number of benzene rings is 3. The number of nitriles is 1. The zero-order valence-corrected chi connectivity index (χ0v) is 20.3. The van der Waals surface area contributed by atoms with Crippen molar-refractivity contribution in [2.45, 2.75) is 26.4 Å². The van der Waals surface area contributed by atoms with Crippen LogP contribution in [0, 0.1) is 24.1 Å². The predicted octanol–water partition coefficient (Wildman–Crippen LogP) is 5.69. The smallest absolute Gasteiger partial charge is 0.173 e. The van der Waals surface area contributed by atoms with Gasteiger partial charge in [-0.25, -0.2) is 9.37 Å². The molecule has 7 heteroatoms. The van der Waals surface area contributed by atoms with E-state index < -0.39 is 0 Å². The van der Waals surface area contributed by atoms with Crippen molar-refractivity contribution >= 4 is 23.0 Å². The van der Waals surface area contributed by atoms with Gasteiger partial charge in [0.05, 0.1) is 18.0 Å². The third kappa shape index (κ3) is 6.52. The van der Waals surface area contributed by atoms with Gasteiger partial charge in [0, 0.05) is 43.6 Å². The molecular weight excluding hydrogens is 457 g/mol. The van der Waals surface area contributed by atoms with Gasteiger partial charge in [0.2, 0.25) is 0 Å². The van der Waals surface area contributed by atoms with Gasteiger partial charge in [-0.1, -0.05) is 36.4 Å². The number of nitrogens with zero attached hydrogens (tertiary/aromatic N) is 4. The van der Waals surface area contributed by atoms with Crippen LogP contribution in [0.3, 0.4) is 0 Å². The number of imidazole rings is 1. The highest BCUT2D eigenvalue weighted by Crippen LogP contribution is 2.16. The SMILES string of the molecule is Cc1ccccc1CN(CCc1cncn1Cc1ccc(C#N)cc1)C(=S)Nc1ccc(F)cc1. The van der Waals surface area contributed by atoms with Gasteiger partial charge in [-0.05, 0) is 72.2 Å². The summed E-state index contributed by atoms with van der Waals surface area (Å²) in [4.78, 5) is 6.48. The van der Waals surface area contributed by atoms with E-state index in [2.05, 4.69) is 44.9 Å². The van der Waals surface area contributed by atoms with Crippen molar-refractivity contribution in [3.05, 3.63) is 119 Å². The van der Waals surface area contributed by atoms with Gasteiger partial charge in [-0.2, -0.15) is 5.26 Å². The van der Waals surface area contributed by atoms with Crippen LogP contribution in [0.1, 0.15) is 27.9 Å². The largest absolute Gasteiger partial charge is 0.344 e. The van der Waals surface area contributed by atoms with Crippen molar-refractivity contribution < 1.29 is 4.39 Å². The molecule has 4 aromatic rings. The summed E-state index contributed by atoms with van der Waals surface area (Å²) >= 11 is 5.76. The lowest BCUT2D eigenvalue weighted by molar-refractivity contribution is 0.417. The number of hydrogen-bond acceptors (Lipinski definition) is 3.